The average Bonchev–Trinajstić information content (AvgIpc) is 2.48. The molecule has 0 spiro atoms. The van der Waals surface area contributed by atoms with Gasteiger partial charge in [-0.1, -0.05) is 41.9 Å². The summed E-state index contributed by atoms with van der Waals surface area (Å²) in [6.45, 7) is -0.214. The number of hydrogen-bond donors (Lipinski definition) is 3. The van der Waals surface area contributed by atoms with E-state index in [9.17, 15) is 9.90 Å². The summed E-state index contributed by atoms with van der Waals surface area (Å²) >= 11 is 5.75. The van der Waals surface area contributed by atoms with E-state index in [1.165, 1.54) is 12.3 Å². The minimum atomic E-state index is -0.505. The molecule has 0 aliphatic carbocycles. The van der Waals surface area contributed by atoms with Crippen LogP contribution in [0.3, 0.4) is 0 Å². The Morgan fingerprint density at radius 3 is 2.75 bits per heavy atom. The van der Waals surface area contributed by atoms with Gasteiger partial charge in [-0.2, -0.15) is 0 Å². The highest BCUT2D eigenvalue weighted by Crippen LogP contribution is 2.17. The standard InChI is InChI=1S/C14H14ClN3O2/c15-13-6-10(11(16)7-17-13)14(20)18-12(8-19)9-4-2-1-3-5-9/h1-7,12,19H,8,16H2,(H,18,20)/t12-/m0/s1. The topological polar surface area (TPSA) is 88.2 Å². The minimum Gasteiger partial charge on any atom is -0.397 e. The van der Waals surface area contributed by atoms with Crippen molar-refractivity contribution in [2.45, 2.75) is 6.04 Å². The number of nitrogens with two attached hydrogens (primary N) is 1. The van der Waals surface area contributed by atoms with E-state index < -0.39 is 11.9 Å². The molecule has 1 aromatic heterocycles. The number of nitrogens with zero attached hydrogens (tertiary/aromatic N) is 1. The van der Waals surface area contributed by atoms with E-state index in [2.05, 4.69) is 10.3 Å². The van der Waals surface area contributed by atoms with Crippen LogP contribution in [0.15, 0.2) is 42.6 Å². The molecule has 1 atom stereocenters. The van der Waals surface area contributed by atoms with Gasteiger partial charge in [-0.15, -0.1) is 0 Å². The van der Waals surface area contributed by atoms with E-state index in [0.717, 1.165) is 5.56 Å². The molecule has 1 heterocycles. The minimum absolute atomic E-state index is 0.185. The van der Waals surface area contributed by atoms with Gasteiger partial charge in [-0.05, 0) is 11.6 Å². The van der Waals surface area contributed by atoms with Gasteiger partial charge in [0.25, 0.3) is 5.91 Å². The van der Waals surface area contributed by atoms with Crippen LogP contribution in [0.2, 0.25) is 5.15 Å². The number of halogens is 1. The van der Waals surface area contributed by atoms with Crippen molar-refractivity contribution in [3.8, 4) is 0 Å². The van der Waals surface area contributed by atoms with Gasteiger partial charge < -0.3 is 16.2 Å². The highest BCUT2D eigenvalue weighted by Gasteiger charge is 2.17. The normalized spacial score (nSPS) is 11.9. The maximum absolute atomic E-state index is 12.2. The Bertz CT molecular complexity index is 605. The number of benzene rings is 1. The second kappa shape index (κ2) is 6.36. The third-order valence-corrected chi connectivity index (χ3v) is 3.04. The first-order valence-corrected chi connectivity index (χ1v) is 6.37. The van der Waals surface area contributed by atoms with Crippen LogP contribution in [-0.4, -0.2) is 22.6 Å². The Labute approximate surface area is 121 Å². The third-order valence-electron chi connectivity index (χ3n) is 2.84. The molecule has 20 heavy (non-hydrogen) atoms. The monoisotopic (exact) mass is 291 g/mol. The van der Waals surface area contributed by atoms with Crippen LogP contribution in [0.4, 0.5) is 5.69 Å². The van der Waals surface area contributed by atoms with Crippen LogP contribution in [0.1, 0.15) is 22.0 Å². The third kappa shape index (κ3) is 3.26. The predicted octanol–water partition coefficient (Wildman–Crippen LogP) is 1.78. The van der Waals surface area contributed by atoms with Gasteiger partial charge in [-0.25, -0.2) is 4.98 Å². The molecule has 5 nitrogen and oxygen atoms in total. The lowest BCUT2D eigenvalue weighted by Gasteiger charge is -2.17. The Morgan fingerprint density at radius 2 is 2.10 bits per heavy atom. The predicted molar refractivity (Wildman–Crippen MR) is 77.4 cm³/mol. The molecule has 0 saturated carbocycles. The van der Waals surface area contributed by atoms with Crippen LogP contribution < -0.4 is 11.1 Å². The maximum Gasteiger partial charge on any atom is 0.254 e. The Kier molecular flexibility index (Phi) is 4.55. The molecule has 104 valence electrons. The Hall–Kier alpha value is -2.11. The number of carbonyl (C=O) groups is 1. The van der Waals surface area contributed by atoms with Crippen molar-refractivity contribution in [1.82, 2.24) is 10.3 Å². The molecule has 6 heteroatoms. The van der Waals surface area contributed by atoms with Crippen molar-refractivity contribution in [1.29, 1.82) is 0 Å². The summed E-state index contributed by atoms with van der Waals surface area (Å²) in [6.07, 6.45) is 1.33. The average molecular weight is 292 g/mol. The molecule has 0 radical (unpaired) electrons. The van der Waals surface area contributed by atoms with E-state index in [0.29, 0.717) is 0 Å². The van der Waals surface area contributed by atoms with Crippen molar-refractivity contribution in [2.75, 3.05) is 12.3 Å². The zero-order chi connectivity index (χ0) is 14.5. The molecule has 2 rings (SSSR count). The van der Waals surface area contributed by atoms with Gasteiger partial charge >= 0.3 is 0 Å². The second-order valence-electron chi connectivity index (χ2n) is 4.21. The molecule has 4 N–H and O–H groups in total. The summed E-state index contributed by atoms with van der Waals surface area (Å²) in [5.41, 5.74) is 6.98. The molecule has 0 aliphatic heterocycles. The first-order chi connectivity index (χ1) is 9.61. The quantitative estimate of drug-likeness (QED) is 0.749. The van der Waals surface area contributed by atoms with Crippen molar-refractivity contribution in [3.05, 3.63) is 58.9 Å². The lowest BCUT2D eigenvalue weighted by molar-refractivity contribution is 0.0917. The van der Waals surface area contributed by atoms with E-state index in [1.54, 1.807) is 0 Å². The fourth-order valence-electron chi connectivity index (χ4n) is 1.79. The summed E-state index contributed by atoms with van der Waals surface area (Å²) in [6, 6.07) is 10.1. The molecule has 2 aromatic rings. The smallest absolute Gasteiger partial charge is 0.254 e. The van der Waals surface area contributed by atoms with E-state index in [1.807, 2.05) is 30.3 Å². The SMILES string of the molecule is Nc1cnc(Cl)cc1C(=O)N[C@@H](CO)c1ccccc1. The van der Waals surface area contributed by atoms with Gasteiger partial charge in [0.15, 0.2) is 0 Å². The molecule has 1 amide bonds. The number of nitrogen functional groups attached to an aromatic ring is 1. The van der Waals surface area contributed by atoms with Gasteiger partial charge in [0.05, 0.1) is 30.1 Å². The Morgan fingerprint density at radius 1 is 1.40 bits per heavy atom. The summed E-state index contributed by atoms with van der Waals surface area (Å²) in [4.78, 5) is 16.0. The summed E-state index contributed by atoms with van der Waals surface area (Å²) in [7, 11) is 0. The van der Waals surface area contributed by atoms with Gasteiger partial charge in [-0.3, -0.25) is 4.79 Å². The highest BCUT2D eigenvalue weighted by atomic mass is 35.5. The number of hydrogen-bond acceptors (Lipinski definition) is 4. The number of aliphatic hydroxyl groups is 1. The van der Waals surface area contributed by atoms with E-state index in [-0.39, 0.29) is 23.0 Å². The molecular formula is C14H14ClN3O2. The summed E-state index contributed by atoms with van der Waals surface area (Å²) in [5, 5.41) is 12.3. The highest BCUT2D eigenvalue weighted by molar-refractivity contribution is 6.29. The van der Waals surface area contributed by atoms with Crippen LogP contribution in [0.25, 0.3) is 0 Å². The van der Waals surface area contributed by atoms with Crippen molar-refractivity contribution < 1.29 is 9.90 Å². The van der Waals surface area contributed by atoms with Crippen molar-refractivity contribution in [3.63, 3.8) is 0 Å². The molecular weight excluding hydrogens is 278 g/mol. The zero-order valence-corrected chi connectivity index (χ0v) is 11.3. The number of rotatable bonds is 4. The molecule has 0 fully saturated rings. The van der Waals surface area contributed by atoms with Crippen molar-refractivity contribution >= 4 is 23.2 Å². The number of carbonyl (C=O) groups excluding carboxylic acids is 1. The number of amides is 1. The zero-order valence-electron chi connectivity index (χ0n) is 10.6. The first kappa shape index (κ1) is 14.3. The number of anilines is 1. The van der Waals surface area contributed by atoms with Gasteiger partial charge in [0.2, 0.25) is 0 Å². The first-order valence-electron chi connectivity index (χ1n) is 5.99. The van der Waals surface area contributed by atoms with Crippen LogP contribution in [0, 0.1) is 0 Å². The van der Waals surface area contributed by atoms with E-state index >= 15 is 0 Å². The fraction of sp³-hybridized carbons (Fsp3) is 0.143. The number of pyridine rings is 1. The lowest BCUT2D eigenvalue weighted by Crippen LogP contribution is -2.31. The van der Waals surface area contributed by atoms with Crippen LogP contribution in [0.5, 0.6) is 0 Å². The molecule has 0 aliphatic rings. The maximum atomic E-state index is 12.2. The van der Waals surface area contributed by atoms with E-state index in [4.69, 9.17) is 17.3 Å². The molecule has 0 unspecified atom stereocenters. The molecule has 1 aromatic carbocycles. The number of nitrogens with one attached hydrogen (secondary N) is 1. The fourth-order valence-corrected chi connectivity index (χ4v) is 1.95. The summed E-state index contributed by atoms with van der Waals surface area (Å²) in [5.74, 6) is -0.408. The molecule has 0 saturated heterocycles. The summed E-state index contributed by atoms with van der Waals surface area (Å²) < 4.78 is 0. The number of aliphatic hydroxyl groups excluding tert-OH is 1. The molecule has 0 bridgehead atoms. The van der Waals surface area contributed by atoms with Crippen LogP contribution in [-0.2, 0) is 0 Å². The lowest BCUT2D eigenvalue weighted by atomic mass is 10.1. The Balaban J connectivity index is 2.20. The number of aromatic nitrogens is 1. The van der Waals surface area contributed by atoms with Gasteiger partial charge in [0, 0.05) is 0 Å². The van der Waals surface area contributed by atoms with Gasteiger partial charge in [0.1, 0.15) is 5.15 Å². The van der Waals surface area contributed by atoms with Crippen LogP contribution >= 0.6 is 11.6 Å². The van der Waals surface area contributed by atoms with Crippen molar-refractivity contribution in [2.24, 2.45) is 0 Å². The second-order valence-corrected chi connectivity index (χ2v) is 4.60. The largest absolute Gasteiger partial charge is 0.397 e.